The van der Waals surface area contributed by atoms with Gasteiger partial charge in [-0.2, -0.15) is 0 Å². The van der Waals surface area contributed by atoms with Crippen LogP contribution >= 0.6 is 0 Å². The Morgan fingerprint density at radius 1 is 1.11 bits per heavy atom. The predicted octanol–water partition coefficient (Wildman–Crippen LogP) is 6.80. The van der Waals surface area contributed by atoms with Crippen LogP contribution in [0.15, 0.2) is 77.4 Å². The number of aliphatic imine (C=N–C) groups is 1. The van der Waals surface area contributed by atoms with E-state index in [1.807, 2.05) is 12.2 Å². The summed E-state index contributed by atoms with van der Waals surface area (Å²) in [5.41, 5.74) is 9.62. The SMILES string of the molecule is C=C/C=C\C(/C=C(\C)C1=Nc2cc(C(=C)N3CCCCC3)ccc2C1)=C(C)C. The highest BCUT2D eigenvalue weighted by Gasteiger charge is 2.19. The van der Waals surface area contributed by atoms with E-state index in [0.717, 1.165) is 36.6 Å². The Kier molecular flexibility index (Phi) is 6.51. The van der Waals surface area contributed by atoms with Crippen LogP contribution in [0, 0.1) is 0 Å². The van der Waals surface area contributed by atoms with Crippen LogP contribution in [0.5, 0.6) is 0 Å². The summed E-state index contributed by atoms with van der Waals surface area (Å²) in [5.74, 6) is 0. The van der Waals surface area contributed by atoms with Crippen molar-refractivity contribution in [3.8, 4) is 0 Å². The summed E-state index contributed by atoms with van der Waals surface area (Å²) in [5, 5.41) is 0. The molecule has 0 saturated carbocycles. The fourth-order valence-electron chi connectivity index (χ4n) is 3.78. The zero-order chi connectivity index (χ0) is 20.1. The van der Waals surface area contributed by atoms with Crippen LogP contribution in [-0.2, 0) is 6.42 Å². The van der Waals surface area contributed by atoms with Gasteiger partial charge in [-0.3, -0.25) is 4.99 Å². The van der Waals surface area contributed by atoms with Gasteiger partial charge in [0.25, 0.3) is 0 Å². The smallest absolute Gasteiger partial charge is 0.0675 e. The number of hydrogen-bond acceptors (Lipinski definition) is 2. The van der Waals surface area contributed by atoms with E-state index in [1.54, 1.807) is 0 Å². The number of rotatable bonds is 6. The lowest BCUT2D eigenvalue weighted by Gasteiger charge is -2.30. The molecule has 2 nitrogen and oxygen atoms in total. The number of allylic oxidation sites excluding steroid dienone is 7. The van der Waals surface area contributed by atoms with Crippen LogP contribution in [0.4, 0.5) is 5.69 Å². The average Bonchev–Trinajstić information content (AvgIpc) is 3.14. The zero-order valence-corrected chi connectivity index (χ0v) is 17.6. The molecule has 2 aliphatic rings. The van der Waals surface area contributed by atoms with Gasteiger partial charge in [-0.1, -0.05) is 55.2 Å². The molecule has 0 aliphatic carbocycles. The molecule has 0 atom stereocenters. The number of nitrogens with zero attached hydrogens (tertiary/aromatic N) is 2. The summed E-state index contributed by atoms with van der Waals surface area (Å²) in [4.78, 5) is 7.37. The Hall–Kier alpha value is -2.61. The Balaban J connectivity index is 1.82. The fraction of sp³-hybridized carbons (Fsp3) is 0.346. The van der Waals surface area contributed by atoms with Crippen molar-refractivity contribution in [3.63, 3.8) is 0 Å². The summed E-state index contributed by atoms with van der Waals surface area (Å²) < 4.78 is 0. The minimum atomic E-state index is 0.898. The topological polar surface area (TPSA) is 15.6 Å². The van der Waals surface area contributed by atoms with Crippen molar-refractivity contribution in [2.45, 2.75) is 46.5 Å². The van der Waals surface area contributed by atoms with Crippen LogP contribution in [0.1, 0.15) is 51.2 Å². The first-order chi connectivity index (χ1) is 13.5. The van der Waals surface area contributed by atoms with Crippen molar-refractivity contribution < 1.29 is 0 Å². The van der Waals surface area contributed by atoms with Crippen LogP contribution in [0.2, 0.25) is 0 Å². The van der Waals surface area contributed by atoms with Crippen molar-refractivity contribution in [1.29, 1.82) is 0 Å². The van der Waals surface area contributed by atoms with Gasteiger partial charge in [-0.15, -0.1) is 0 Å². The molecule has 0 radical (unpaired) electrons. The van der Waals surface area contributed by atoms with Crippen molar-refractivity contribution in [2.24, 2.45) is 4.99 Å². The maximum atomic E-state index is 4.95. The third-order valence-electron chi connectivity index (χ3n) is 5.59. The van der Waals surface area contributed by atoms with Gasteiger partial charge in [-0.05, 0) is 68.4 Å². The van der Waals surface area contributed by atoms with Gasteiger partial charge in [-0.25, -0.2) is 0 Å². The quantitative estimate of drug-likeness (QED) is 0.502. The molecule has 1 fully saturated rings. The van der Waals surface area contributed by atoms with Crippen molar-refractivity contribution in [2.75, 3.05) is 13.1 Å². The molecule has 2 aliphatic heterocycles. The van der Waals surface area contributed by atoms with Crippen LogP contribution in [0.25, 0.3) is 5.70 Å². The number of piperidine rings is 1. The molecule has 0 bridgehead atoms. The second-order valence-electron chi connectivity index (χ2n) is 7.95. The molecule has 0 unspecified atom stereocenters. The zero-order valence-electron chi connectivity index (χ0n) is 17.6. The lowest BCUT2D eigenvalue weighted by atomic mass is 10.00. The van der Waals surface area contributed by atoms with Gasteiger partial charge >= 0.3 is 0 Å². The van der Waals surface area contributed by atoms with Crippen molar-refractivity contribution >= 4 is 17.1 Å². The van der Waals surface area contributed by atoms with Crippen molar-refractivity contribution in [1.82, 2.24) is 4.90 Å². The highest BCUT2D eigenvalue weighted by atomic mass is 15.1. The molecular formula is C26H32N2. The van der Waals surface area contributed by atoms with E-state index in [0.29, 0.717) is 0 Å². The third-order valence-corrected chi connectivity index (χ3v) is 5.59. The second kappa shape index (κ2) is 9.05. The van der Waals surface area contributed by atoms with E-state index in [4.69, 9.17) is 4.99 Å². The number of hydrogen-bond donors (Lipinski definition) is 0. The standard InChI is InChI=1S/C26H32N2/c1-6-7-11-22(19(2)3)16-20(4)25-18-24-13-12-23(17-26(24)27-25)21(5)28-14-9-8-10-15-28/h6-7,11-13,16-17H,1,5,8-10,14-15,18H2,2-4H3/b11-7-,20-16+. The summed E-state index contributed by atoms with van der Waals surface area (Å²) in [7, 11) is 0. The molecule has 0 N–H and O–H groups in total. The molecule has 0 spiro atoms. The molecule has 2 heterocycles. The highest BCUT2D eigenvalue weighted by molar-refractivity contribution is 6.06. The number of likely N-dealkylation sites (tertiary alicyclic amines) is 1. The molecule has 0 amide bonds. The van der Waals surface area contributed by atoms with E-state index in [9.17, 15) is 0 Å². The van der Waals surface area contributed by atoms with Gasteiger partial charge in [0.1, 0.15) is 0 Å². The molecule has 2 heteroatoms. The maximum absolute atomic E-state index is 4.95. The predicted molar refractivity (Wildman–Crippen MR) is 123 cm³/mol. The minimum absolute atomic E-state index is 0.898. The number of benzene rings is 1. The van der Waals surface area contributed by atoms with Gasteiger partial charge < -0.3 is 4.90 Å². The molecule has 1 aromatic carbocycles. The Morgan fingerprint density at radius 2 is 1.86 bits per heavy atom. The number of fused-ring (bicyclic) bond motifs is 1. The third kappa shape index (κ3) is 4.62. The summed E-state index contributed by atoms with van der Waals surface area (Å²) in [6.07, 6.45) is 12.9. The van der Waals surface area contributed by atoms with Crippen LogP contribution in [0.3, 0.4) is 0 Å². The Morgan fingerprint density at radius 3 is 2.54 bits per heavy atom. The van der Waals surface area contributed by atoms with E-state index in [2.05, 4.69) is 69.2 Å². The van der Waals surface area contributed by atoms with E-state index in [1.165, 1.54) is 47.1 Å². The average molecular weight is 373 g/mol. The molecule has 28 heavy (non-hydrogen) atoms. The normalized spacial score (nSPS) is 16.8. The Bertz CT molecular complexity index is 883. The van der Waals surface area contributed by atoms with Crippen LogP contribution in [-0.4, -0.2) is 23.7 Å². The van der Waals surface area contributed by atoms with Crippen molar-refractivity contribution in [3.05, 3.63) is 83.5 Å². The van der Waals surface area contributed by atoms with E-state index in [-0.39, 0.29) is 0 Å². The molecular weight excluding hydrogens is 340 g/mol. The molecule has 3 rings (SSSR count). The summed E-state index contributed by atoms with van der Waals surface area (Å²) in [6.45, 7) is 16.8. The largest absolute Gasteiger partial charge is 0.372 e. The summed E-state index contributed by atoms with van der Waals surface area (Å²) in [6, 6.07) is 6.65. The first-order valence-electron chi connectivity index (χ1n) is 10.3. The lowest BCUT2D eigenvalue weighted by Crippen LogP contribution is -2.27. The van der Waals surface area contributed by atoms with Gasteiger partial charge in [0.15, 0.2) is 0 Å². The highest BCUT2D eigenvalue weighted by Crippen LogP contribution is 2.33. The van der Waals surface area contributed by atoms with E-state index >= 15 is 0 Å². The maximum Gasteiger partial charge on any atom is 0.0675 e. The molecule has 1 aromatic rings. The van der Waals surface area contributed by atoms with E-state index < -0.39 is 0 Å². The van der Waals surface area contributed by atoms with Crippen LogP contribution < -0.4 is 0 Å². The molecule has 146 valence electrons. The van der Waals surface area contributed by atoms with Gasteiger partial charge in [0, 0.05) is 30.9 Å². The second-order valence-corrected chi connectivity index (χ2v) is 7.95. The summed E-state index contributed by atoms with van der Waals surface area (Å²) >= 11 is 0. The van der Waals surface area contributed by atoms with Gasteiger partial charge in [0.05, 0.1) is 5.69 Å². The monoisotopic (exact) mass is 372 g/mol. The minimum Gasteiger partial charge on any atom is -0.372 e. The fourth-order valence-corrected chi connectivity index (χ4v) is 3.78. The van der Waals surface area contributed by atoms with Gasteiger partial charge in [0.2, 0.25) is 0 Å². The molecule has 0 aromatic heterocycles. The first kappa shape index (κ1) is 20.1. The molecule has 1 saturated heterocycles. The lowest BCUT2D eigenvalue weighted by molar-refractivity contribution is 0.326. The first-order valence-corrected chi connectivity index (χ1v) is 10.3. The Labute approximate surface area is 170 Å².